The van der Waals surface area contributed by atoms with Crippen LogP contribution in [0.2, 0.25) is 0 Å². The highest BCUT2D eigenvalue weighted by Crippen LogP contribution is 2.26. The molecule has 1 aliphatic heterocycles. The van der Waals surface area contributed by atoms with E-state index in [1.165, 1.54) is 128 Å². The Balaban J connectivity index is 2.69. The molecule has 1 aliphatic rings. The number of allylic oxidation sites excluding steroid dienone is 9. The molecule has 71 heavy (non-hydrogen) atoms. The SMILES string of the molecule is CC/C=C/C=C/C=C\CCCCCCC(O)C(=O)NC(COC1OC(CO)C(O)C(O)C1OC(=O)CCCCCCCCCCC/C=C/CCCCCCCC)C(O)/C=C/CCCCCCCCCCC. The van der Waals surface area contributed by atoms with Gasteiger partial charge in [0.2, 0.25) is 5.91 Å². The molecule has 0 saturated carbocycles. The molecule has 0 bridgehead atoms. The molecule has 1 amide bonds. The first-order valence-corrected chi connectivity index (χ1v) is 29.1. The molecule has 1 fully saturated rings. The molecule has 0 aromatic heterocycles. The van der Waals surface area contributed by atoms with Crippen molar-refractivity contribution in [3.05, 3.63) is 60.8 Å². The molecule has 1 saturated heterocycles. The molecule has 11 heteroatoms. The summed E-state index contributed by atoms with van der Waals surface area (Å²) in [6.07, 6.45) is 48.4. The van der Waals surface area contributed by atoms with Crippen LogP contribution in [0.4, 0.5) is 0 Å². The summed E-state index contributed by atoms with van der Waals surface area (Å²) >= 11 is 0. The highest BCUT2D eigenvalue weighted by molar-refractivity contribution is 5.80. The van der Waals surface area contributed by atoms with Gasteiger partial charge in [-0.05, 0) is 70.6 Å². The number of carbonyl (C=O) groups is 2. The molecule has 0 radical (unpaired) electrons. The second-order valence-electron chi connectivity index (χ2n) is 20.1. The minimum absolute atomic E-state index is 0.118. The fraction of sp³-hybridized carbons (Fsp3) is 0.800. The monoisotopic (exact) mass is 1000 g/mol. The first kappa shape index (κ1) is 66.4. The number of rotatable bonds is 48. The van der Waals surface area contributed by atoms with Gasteiger partial charge in [0.1, 0.15) is 24.4 Å². The molecule has 0 aromatic rings. The summed E-state index contributed by atoms with van der Waals surface area (Å²) in [5, 5.41) is 56.7. The smallest absolute Gasteiger partial charge is 0.306 e. The van der Waals surface area contributed by atoms with Crippen LogP contribution in [0.15, 0.2) is 60.8 Å². The maximum atomic E-state index is 13.3. The van der Waals surface area contributed by atoms with Gasteiger partial charge in [0.25, 0.3) is 0 Å². The van der Waals surface area contributed by atoms with Gasteiger partial charge in [-0.25, -0.2) is 0 Å². The molecular formula is C60H107NO10. The highest BCUT2D eigenvalue weighted by atomic mass is 16.7. The highest BCUT2D eigenvalue weighted by Gasteiger charge is 2.47. The third-order valence-corrected chi connectivity index (χ3v) is 13.5. The molecule has 0 spiro atoms. The Hall–Kier alpha value is -2.64. The van der Waals surface area contributed by atoms with E-state index in [1.807, 2.05) is 30.4 Å². The molecule has 0 aromatic carbocycles. The van der Waals surface area contributed by atoms with Gasteiger partial charge < -0.3 is 45.1 Å². The van der Waals surface area contributed by atoms with E-state index in [0.717, 1.165) is 70.6 Å². The Morgan fingerprint density at radius 2 is 1.03 bits per heavy atom. The van der Waals surface area contributed by atoms with E-state index in [-0.39, 0.29) is 19.4 Å². The van der Waals surface area contributed by atoms with Crippen LogP contribution in [-0.2, 0) is 23.8 Å². The Morgan fingerprint density at radius 1 is 0.563 bits per heavy atom. The van der Waals surface area contributed by atoms with Crippen LogP contribution in [-0.4, -0.2) is 99.6 Å². The largest absolute Gasteiger partial charge is 0.454 e. The number of ether oxygens (including phenoxy) is 3. The number of nitrogens with one attached hydrogen (secondary N) is 1. The van der Waals surface area contributed by atoms with Gasteiger partial charge >= 0.3 is 5.97 Å². The summed E-state index contributed by atoms with van der Waals surface area (Å²) in [4.78, 5) is 26.4. The van der Waals surface area contributed by atoms with Crippen LogP contribution in [0.3, 0.4) is 0 Å². The van der Waals surface area contributed by atoms with Crippen molar-refractivity contribution in [1.29, 1.82) is 0 Å². The summed E-state index contributed by atoms with van der Waals surface area (Å²) in [5.41, 5.74) is 0. The van der Waals surface area contributed by atoms with Crippen molar-refractivity contribution in [2.75, 3.05) is 13.2 Å². The van der Waals surface area contributed by atoms with Gasteiger partial charge in [-0.2, -0.15) is 0 Å². The third-order valence-electron chi connectivity index (χ3n) is 13.5. The lowest BCUT2D eigenvalue weighted by molar-refractivity contribution is -0.305. The number of hydrogen-bond acceptors (Lipinski definition) is 10. The van der Waals surface area contributed by atoms with Crippen molar-refractivity contribution in [3.8, 4) is 0 Å². The van der Waals surface area contributed by atoms with Gasteiger partial charge in [0.15, 0.2) is 12.4 Å². The lowest BCUT2D eigenvalue weighted by atomic mass is 9.99. The van der Waals surface area contributed by atoms with Crippen LogP contribution in [0.5, 0.6) is 0 Å². The Morgan fingerprint density at radius 3 is 1.55 bits per heavy atom. The minimum Gasteiger partial charge on any atom is -0.454 e. The van der Waals surface area contributed by atoms with E-state index in [4.69, 9.17) is 14.2 Å². The fourth-order valence-electron chi connectivity index (χ4n) is 8.82. The lowest BCUT2D eigenvalue weighted by Crippen LogP contribution is -2.61. The van der Waals surface area contributed by atoms with Crippen LogP contribution < -0.4 is 5.32 Å². The average Bonchev–Trinajstić information content (AvgIpc) is 3.37. The van der Waals surface area contributed by atoms with Gasteiger partial charge in [-0.15, -0.1) is 0 Å². The molecule has 8 unspecified atom stereocenters. The number of hydrogen-bond donors (Lipinski definition) is 6. The molecule has 6 N–H and O–H groups in total. The van der Waals surface area contributed by atoms with Crippen molar-refractivity contribution in [2.24, 2.45) is 0 Å². The zero-order chi connectivity index (χ0) is 51.8. The first-order valence-electron chi connectivity index (χ1n) is 29.1. The second-order valence-corrected chi connectivity index (χ2v) is 20.1. The van der Waals surface area contributed by atoms with E-state index in [1.54, 1.807) is 6.08 Å². The van der Waals surface area contributed by atoms with E-state index in [0.29, 0.717) is 12.8 Å². The van der Waals surface area contributed by atoms with Crippen molar-refractivity contribution in [2.45, 2.75) is 294 Å². The quantitative estimate of drug-likeness (QED) is 0.0149. The predicted molar refractivity (Wildman–Crippen MR) is 292 cm³/mol. The normalized spacial score (nSPS) is 20.0. The van der Waals surface area contributed by atoms with Crippen LogP contribution in [0.1, 0.15) is 245 Å². The van der Waals surface area contributed by atoms with Crippen LogP contribution in [0, 0.1) is 0 Å². The van der Waals surface area contributed by atoms with E-state index < -0.39 is 67.4 Å². The summed E-state index contributed by atoms with van der Waals surface area (Å²) in [7, 11) is 0. The number of aliphatic hydroxyl groups excluding tert-OH is 5. The van der Waals surface area contributed by atoms with Gasteiger partial charge in [-0.1, -0.05) is 229 Å². The molecule has 8 atom stereocenters. The topological polar surface area (TPSA) is 175 Å². The number of esters is 1. The summed E-state index contributed by atoms with van der Waals surface area (Å²) in [6, 6.07) is -1.03. The molecule has 0 aliphatic carbocycles. The number of amides is 1. The van der Waals surface area contributed by atoms with Crippen LogP contribution in [0.25, 0.3) is 0 Å². The molecule has 412 valence electrons. The van der Waals surface area contributed by atoms with Crippen molar-refractivity contribution in [3.63, 3.8) is 0 Å². The maximum absolute atomic E-state index is 13.3. The first-order chi connectivity index (χ1) is 34.7. The zero-order valence-corrected chi connectivity index (χ0v) is 45.3. The standard InChI is InChI=1S/C60H107NO10/c1-4-7-10-13-16-19-22-24-25-26-27-28-29-30-33-36-39-42-45-48-55(65)71-58-57(67)56(66)54(49-62)70-60(58)69-50-51(52(63)46-43-40-37-34-31-21-18-15-12-9-6-3)61-59(68)53(64)47-44-41-38-35-32-23-20-17-14-11-8-5-2/h8,11,14,17,20,23-25,43,46,51-54,56-58,60,62-64,66-67H,4-7,9-10,12-13,15-16,18-19,21-22,26-42,44-45,47-50H2,1-3H3,(H,61,68)/b11-8+,17-14+,23-20-,25-24+,46-43+. The molecule has 1 rings (SSSR count). The molecule has 11 nitrogen and oxygen atoms in total. The van der Waals surface area contributed by atoms with Gasteiger partial charge in [0.05, 0.1) is 25.4 Å². The van der Waals surface area contributed by atoms with Crippen molar-refractivity contribution < 1.29 is 49.3 Å². The third kappa shape index (κ3) is 36.9. The Bertz CT molecular complexity index is 1380. The molecular weight excluding hydrogens is 895 g/mol. The fourth-order valence-corrected chi connectivity index (χ4v) is 8.82. The number of carbonyl (C=O) groups excluding carboxylic acids is 2. The minimum atomic E-state index is -1.62. The summed E-state index contributed by atoms with van der Waals surface area (Å²) in [5.74, 6) is -1.22. The second kappa shape index (κ2) is 48.3. The van der Waals surface area contributed by atoms with Crippen LogP contribution >= 0.6 is 0 Å². The Labute approximate surface area is 433 Å². The zero-order valence-electron chi connectivity index (χ0n) is 45.3. The average molecular weight is 1000 g/mol. The lowest BCUT2D eigenvalue weighted by Gasteiger charge is -2.41. The summed E-state index contributed by atoms with van der Waals surface area (Å²) < 4.78 is 17.6. The predicted octanol–water partition coefficient (Wildman–Crippen LogP) is 13.1. The maximum Gasteiger partial charge on any atom is 0.306 e. The number of unbranched alkanes of at least 4 members (excludes halogenated alkanes) is 28. The van der Waals surface area contributed by atoms with Crippen molar-refractivity contribution in [1.82, 2.24) is 5.32 Å². The van der Waals surface area contributed by atoms with Gasteiger partial charge in [-0.3, -0.25) is 9.59 Å². The van der Waals surface area contributed by atoms with E-state index in [2.05, 4.69) is 50.4 Å². The van der Waals surface area contributed by atoms with E-state index >= 15 is 0 Å². The van der Waals surface area contributed by atoms with Gasteiger partial charge in [0, 0.05) is 6.42 Å². The number of aliphatic hydroxyl groups is 5. The Kier molecular flexibility index (Phi) is 45.2. The summed E-state index contributed by atoms with van der Waals surface area (Å²) in [6.45, 7) is 5.62. The molecule has 1 heterocycles. The van der Waals surface area contributed by atoms with Crippen molar-refractivity contribution >= 4 is 11.9 Å². The van der Waals surface area contributed by atoms with E-state index in [9.17, 15) is 35.1 Å².